The van der Waals surface area contributed by atoms with E-state index in [9.17, 15) is 9.59 Å². The van der Waals surface area contributed by atoms with Gasteiger partial charge in [0.05, 0.1) is 0 Å². The third-order valence-electron chi connectivity index (χ3n) is 5.33. The van der Waals surface area contributed by atoms with Crippen molar-refractivity contribution < 1.29 is 9.59 Å². The Morgan fingerprint density at radius 1 is 0.929 bits per heavy atom. The lowest BCUT2D eigenvalue weighted by Gasteiger charge is -2.31. The molecule has 1 saturated heterocycles. The van der Waals surface area contributed by atoms with Crippen LogP contribution in [0.25, 0.3) is 0 Å². The normalized spacial score (nSPS) is 14.6. The minimum atomic E-state index is -0.0676. The molecule has 0 atom stereocenters. The molecule has 148 valence electrons. The summed E-state index contributed by atoms with van der Waals surface area (Å²) in [6, 6.07) is 13.8. The molecular weight excluding hydrogens is 350 g/mol. The minimum Gasteiger partial charge on any atom is -0.326 e. The van der Waals surface area contributed by atoms with Crippen LogP contribution >= 0.6 is 0 Å². The molecule has 1 aliphatic heterocycles. The molecule has 0 aliphatic carbocycles. The van der Waals surface area contributed by atoms with E-state index in [4.69, 9.17) is 0 Å². The van der Waals surface area contributed by atoms with E-state index in [1.54, 1.807) is 0 Å². The summed E-state index contributed by atoms with van der Waals surface area (Å²) < 4.78 is 0. The molecule has 0 spiro atoms. The predicted octanol–water partition coefficient (Wildman–Crippen LogP) is 4.88. The summed E-state index contributed by atoms with van der Waals surface area (Å²) >= 11 is 0. The number of aryl methyl sites for hydroxylation is 3. The molecule has 0 radical (unpaired) electrons. The van der Waals surface area contributed by atoms with Crippen LogP contribution in [-0.2, 0) is 4.79 Å². The first-order valence-electron chi connectivity index (χ1n) is 9.90. The lowest BCUT2D eigenvalue weighted by Crippen LogP contribution is -2.41. The van der Waals surface area contributed by atoms with Crippen LogP contribution in [0.3, 0.4) is 0 Å². The monoisotopic (exact) mass is 379 g/mol. The average Bonchev–Trinajstić information content (AvgIpc) is 2.66. The van der Waals surface area contributed by atoms with Gasteiger partial charge in [-0.05, 0) is 63.3 Å². The Morgan fingerprint density at radius 2 is 1.57 bits per heavy atom. The number of amides is 3. The van der Waals surface area contributed by atoms with Crippen molar-refractivity contribution in [1.82, 2.24) is 4.90 Å². The molecule has 2 aromatic carbocycles. The molecule has 0 saturated carbocycles. The Labute approximate surface area is 167 Å². The molecule has 2 aromatic rings. The molecular formula is C23H29N3O2. The van der Waals surface area contributed by atoms with E-state index in [1.165, 1.54) is 5.56 Å². The van der Waals surface area contributed by atoms with E-state index in [-0.39, 0.29) is 11.9 Å². The van der Waals surface area contributed by atoms with Crippen LogP contribution in [-0.4, -0.2) is 29.9 Å². The van der Waals surface area contributed by atoms with Gasteiger partial charge in [0.25, 0.3) is 0 Å². The second-order valence-electron chi connectivity index (χ2n) is 7.80. The Bertz CT molecular complexity index is 837. The highest BCUT2D eigenvalue weighted by atomic mass is 16.2. The summed E-state index contributed by atoms with van der Waals surface area (Å²) in [6.07, 6.45) is 2.20. The highest BCUT2D eigenvalue weighted by Gasteiger charge is 2.24. The maximum absolute atomic E-state index is 12.4. The lowest BCUT2D eigenvalue weighted by molar-refractivity contribution is -0.117. The number of benzene rings is 2. The molecule has 3 amide bonds. The van der Waals surface area contributed by atoms with Gasteiger partial charge >= 0.3 is 6.03 Å². The quantitative estimate of drug-likeness (QED) is 0.795. The van der Waals surface area contributed by atoms with Crippen molar-refractivity contribution in [3.8, 4) is 0 Å². The Hall–Kier alpha value is -2.82. The smallest absolute Gasteiger partial charge is 0.321 e. The molecule has 0 bridgehead atoms. The molecule has 28 heavy (non-hydrogen) atoms. The van der Waals surface area contributed by atoms with Gasteiger partial charge in [-0.2, -0.15) is 0 Å². The van der Waals surface area contributed by atoms with Gasteiger partial charge in [0.1, 0.15) is 0 Å². The molecule has 5 nitrogen and oxygen atoms in total. The third kappa shape index (κ3) is 5.35. The lowest BCUT2D eigenvalue weighted by atomic mass is 9.93. The predicted molar refractivity (Wildman–Crippen MR) is 114 cm³/mol. The molecule has 1 heterocycles. The van der Waals surface area contributed by atoms with Crippen molar-refractivity contribution in [3.63, 3.8) is 0 Å². The van der Waals surface area contributed by atoms with Crippen molar-refractivity contribution in [2.24, 2.45) is 5.92 Å². The fraction of sp³-hybridized carbons (Fsp3) is 0.391. The van der Waals surface area contributed by atoms with Crippen LogP contribution in [0.5, 0.6) is 0 Å². The maximum atomic E-state index is 12.4. The molecule has 0 aromatic heterocycles. The first kappa shape index (κ1) is 19.9. The summed E-state index contributed by atoms with van der Waals surface area (Å²) in [5.41, 5.74) is 5.12. The van der Waals surface area contributed by atoms with Gasteiger partial charge in [-0.3, -0.25) is 4.79 Å². The van der Waals surface area contributed by atoms with Crippen LogP contribution in [0.4, 0.5) is 16.2 Å². The van der Waals surface area contributed by atoms with Gasteiger partial charge in [-0.1, -0.05) is 35.4 Å². The van der Waals surface area contributed by atoms with Gasteiger partial charge in [0, 0.05) is 30.9 Å². The van der Waals surface area contributed by atoms with Crippen LogP contribution in [0, 0.1) is 26.7 Å². The number of anilines is 2. The van der Waals surface area contributed by atoms with Crippen molar-refractivity contribution in [2.45, 2.75) is 40.0 Å². The van der Waals surface area contributed by atoms with Crippen molar-refractivity contribution in [1.29, 1.82) is 0 Å². The van der Waals surface area contributed by atoms with Crippen LogP contribution in [0.2, 0.25) is 0 Å². The van der Waals surface area contributed by atoms with E-state index >= 15 is 0 Å². The van der Waals surface area contributed by atoms with Crippen LogP contribution in [0.1, 0.15) is 36.0 Å². The highest BCUT2D eigenvalue weighted by Crippen LogP contribution is 2.23. The van der Waals surface area contributed by atoms with E-state index in [0.717, 1.165) is 35.3 Å². The van der Waals surface area contributed by atoms with Crippen molar-refractivity contribution in [3.05, 3.63) is 59.2 Å². The first-order valence-corrected chi connectivity index (χ1v) is 9.90. The number of likely N-dealkylation sites (tertiary alicyclic amines) is 1. The van der Waals surface area contributed by atoms with Gasteiger partial charge in [-0.25, -0.2) is 4.79 Å². The summed E-state index contributed by atoms with van der Waals surface area (Å²) in [7, 11) is 0. The minimum absolute atomic E-state index is 0.0505. The largest absolute Gasteiger partial charge is 0.326 e. The number of rotatable bonds is 4. The number of nitrogens with zero attached hydrogens (tertiary/aromatic N) is 1. The van der Waals surface area contributed by atoms with Crippen LogP contribution < -0.4 is 10.6 Å². The SMILES string of the molecule is Cc1ccc(NC(=O)N2CCC(CC(=O)Nc3ccc(C)cc3C)CC2)cc1. The van der Waals surface area contributed by atoms with E-state index in [0.29, 0.717) is 25.4 Å². The third-order valence-corrected chi connectivity index (χ3v) is 5.33. The number of carbonyl (C=O) groups excluding carboxylic acids is 2. The average molecular weight is 380 g/mol. The summed E-state index contributed by atoms with van der Waals surface area (Å²) in [5.74, 6) is 0.365. The van der Waals surface area contributed by atoms with E-state index in [1.807, 2.05) is 62.1 Å². The number of nitrogens with one attached hydrogen (secondary N) is 2. The second kappa shape index (κ2) is 8.91. The maximum Gasteiger partial charge on any atom is 0.321 e. The molecule has 2 N–H and O–H groups in total. The number of carbonyl (C=O) groups is 2. The number of piperidine rings is 1. The second-order valence-corrected chi connectivity index (χ2v) is 7.80. The zero-order valence-corrected chi connectivity index (χ0v) is 16.9. The first-order chi connectivity index (χ1) is 13.4. The van der Waals surface area contributed by atoms with Gasteiger partial charge in [-0.15, -0.1) is 0 Å². The Kier molecular flexibility index (Phi) is 6.34. The van der Waals surface area contributed by atoms with E-state index < -0.39 is 0 Å². The van der Waals surface area contributed by atoms with Gasteiger partial charge in [0.2, 0.25) is 5.91 Å². The molecule has 5 heteroatoms. The molecule has 0 unspecified atom stereocenters. The zero-order chi connectivity index (χ0) is 20.1. The van der Waals surface area contributed by atoms with Gasteiger partial charge < -0.3 is 15.5 Å². The standard InChI is InChI=1S/C23H29N3O2/c1-16-4-7-20(8-5-16)24-23(28)26-12-10-19(11-13-26)15-22(27)25-21-9-6-17(2)14-18(21)3/h4-9,14,19H,10-13,15H2,1-3H3,(H,24,28)(H,25,27). The van der Waals surface area contributed by atoms with Crippen molar-refractivity contribution in [2.75, 3.05) is 23.7 Å². The summed E-state index contributed by atoms with van der Waals surface area (Å²) in [6.45, 7) is 7.43. The number of hydrogen-bond donors (Lipinski definition) is 2. The fourth-order valence-electron chi connectivity index (χ4n) is 3.60. The zero-order valence-electron chi connectivity index (χ0n) is 16.9. The number of urea groups is 1. The van der Waals surface area contributed by atoms with Crippen LogP contribution in [0.15, 0.2) is 42.5 Å². The topological polar surface area (TPSA) is 61.4 Å². The molecule has 1 fully saturated rings. The molecule has 3 rings (SSSR count). The highest BCUT2D eigenvalue weighted by molar-refractivity contribution is 5.92. The summed E-state index contributed by atoms with van der Waals surface area (Å²) in [5, 5.41) is 5.97. The Balaban J connectivity index is 1.45. The van der Waals surface area contributed by atoms with Crippen molar-refractivity contribution >= 4 is 23.3 Å². The van der Waals surface area contributed by atoms with E-state index in [2.05, 4.69) is 16.7 Å². The molecule has 1 aliphatic rings. The number of hydrogen-bond acceptors (Lipinski definition) is 2. The fourth-order valence-corrected chi connectivity index (χ4v) is 3.60. The summed E-state index contributed by atoms with van der Waals surface area (Å²) in [4.78, 5) is 26.7. The Morgan fingerprint density at radius 3 is 2.21 bits per heavy atom. The van der Waals surface area contributed by atoms with Gasteiger partial charge in [0.15, 0.2) is 0 Å².